The number of aromatic nitrogens is 1. The second kappa shape index (κ2) is 4.62. The zero-order valence-corrected chi connectivity index (χ0v) is 11.9. The molecule has 1 heterocycles. The van der Waals surface area contributed by atoms with Gasteiger partial charge in [0.2, 0.25) is 0 Å². The Labute approximate surface area is 123 Å². The van der Waals surface area contributed by atoms with E-state index in [0.29, 0.717) is 17.1 Å². The van der Waals surface area contributed by atoms with Gasteiger partial charge in [-0.05, 0) is 66.8 Å². The van der Waals surface area contributed by atoms with Crippen molar-refractivity contribution >= 4 is 16.7 Å². The molecule has 0 radical (unpaired) electrons. The third kappa shape index (κ3) is 2.15. The van der Waals surface area contributed by atoms with E-state index in [2.05, 4.69) is 4.98 Å². The van der Waals surface area contributed by atoms with Crippen molar-refractivity contribution in [1.29, 1.82) is 0 Å². The minimum absolute atomic E-state index is 0.200. The smallest absolute Gasteiger partial charge is 0.134 e. The lowest BCUT2D eigenvalue weighted by Gasteiger charge is -2.45. The van der Waals surface area contributed by atoms with Gasteiger partial charge in [0.05, 0.1) is 5.52 Å². The minimum atomic E-state index is -0.200. The first kappa shape index (κ1) is 12.9. The average Bonchev–Trinajstić information content (AvgIpc) is 2.46. The second-order valence-corrected chi connectivity index (χ2v) is 6.73. The lowest BCUT2D eigenvalue weighted by molar-refractivity contribution is -0.134. The van der Waals surface area contributed by atoms with Gasteiger partial charge in [0, 0.05) is 24.4 Å². The molecule has 3 heteroatoms. The summed E-state index contributed by atoms with van der Waals surface area (Å²) in [4.78, 5) is 15.6. The molecule has 0 aliphatic heterocycles. The summed E-state index contributed by atoms with van der Waals surface area (Å²) in [5, 5.41) is 0.947. The van der Waals surface area contributed by atoms with Crippen molar-refractivity contribution in [1.82, 2.24) is 4.98 Å². The maximum absolute atomic E-state index is 13.5. The predicted octanol–water partition coefficient (Wildman–Crippen LogP) is 4.38. The summed E-state index contributed by atoms with van der Waals surface area (Å²) in [6.45, 7) is 0. The highest BCUT2D eigenvalue weighted by atomic mass is 19.1. The number of pyridine rings is 1. The van der Waals surface area contributed by atoms with Crippen molar-refractivity contribution < 1.29 is 9.18 Å². The summed E-state index contributed by atoms with van der Waals surface area (Å²) in [6, 6.07) is 6.86. The number of nitrogens with zero attached hydrogens (tertiary/aromatic N) is 1. The zero-order valence-electron chi connectivity index (χ0n) is 11.9. The van der Waals surface area contributed by atoms with Crippen molar-refractivity contribution in [3.63, 3.8) is 0 Å². The van der Waals surface area contributed by atoms with Gasteiger partial charge in [-0.15, -0.1) is 0 Å². The Morgan fingerprint density at radius 1 is 1.14 bits per heavy atom. The third-order valence-corrected chi connectivity index (χ3v) is 5.37. The number of carbonyl (C=O) groups is 1. The molecule has 1 spiro atoms. The van der Waals surface area contributed by atoms with E-state index in [-0.39, 0.29) is 5.82 Å². The summed E-state index contributed by atoms with van der Waals surface area (Å²) in [5.74, 6) is 0.692. The molecule has 0 amide bonds. The van der Waals surface area contributed by atoms with Crippen LogP contribution in [0.25, 0.3) is 10.9 Å². The SMILES string of the molecule is O=C1CC2(CCC(c3ccnc4ccc(F)cc34)CC2)C1. The molecule has 1 aromatic heterocycles. The molecule has 0 saturated heterocycles. The number of Topliss-reactive ketones (excluding diaryl/α,β-unsaturated/α-hetero) is 1. The van der Waals surface area contributed by atoms with Gasteiger partial charge in [0.15, 0.2) is 0 Å². The molecule has 0 N–H and O–H groups in total. The average molecular weight is 283 g/mol. The highest BCUT2D eigenvalue weighted by Gasteiger charge is 2.45. The van der Waals surface area contributed by atoms with Crippen molar-refractivity contribution in [3.8, 4) is 0 Å². The van der Waals surface area contributed by atoms with Crippen LogP contribution in [0.2, 0.25) is 0 Å². The van der Waals surface area contributed by atoms with Gasteiger partial charge < -0.3 is 0 Å². The standard InChI is InChI=1S/C18H18FNO/c19-13-1-2-17-16(9-13)15(5-8-20-17)12-3-6-18(7-4-12)10-14(21)11-18/h1-2,5,8-9,12H,3-4,6-7,10-11H2. The predicted molar refractivity (Wildman–Crippen MR) is 79.6 cm³/mol. The van der Waals surface area contributed by atoms with Crippen LogP contribution in [0.3, 0.4) is 0 Å². The van der Waals surface area contributed by atoms with E-state index in [9.17, 15) is 9.18 Å². The number of carbonyl (C=O) groups excluding carboxylic acids is 1. The Morgan fingerprint density at radius 2 is 1.90 bits per heavy atom. The summed E-state index contributed by atoms with van der Waals surface area (Å²) in [7, 11) is 0. The fraction of sp³-hybridized carbons (Fsp3) is 0.444. The molecule has 1 aromatic carbocycles. The molecule has 2 aliphatic carbocycles. The molecule has 108 valence electrons. The monoisotopic (exact) mass is 283 g/mol. The molecule has 21 heavy (non-hydrogen) atoms. The highest BCUT2D eigenvalue weighted by Crippen LogP contribution is 2.53. The Hall–Kier alpha value is -1.77. The van der Waals surface area contributed by atoms with Crippen LogP contribution in [0.1, 0.15) is 50.0 Å². The molecule has 0 unspecified atom stereocenters. The van der Waals surface area contributed by atoms with E-state index >= 15 is 0 Å². The zero-order chi connectivity index (χ0) is 14.4. The number of benzene rings is 1. The van der Waals surface area contributed by atoms with Crippen molar-refractivity contribution in [2.24, 2.45) is 5.41 Å². The van der Waals surface area contributed by atoms with E-state index in [4.69, 9.17) is 0 Å². The molecule has 4 rings (SSSR count). The van der Waals surface area contributed by atoms with E-state index in [1.54, 1.807) is 12.1 Å². The first-order valence-electron chi connectivity index (χ1n) is 7.71. The summed E-state index contributed by atoms with van der Waals surface area (Å²) in [6.07, 6.45) is 7.85. The Morgan fingerprint density at radius 3 is 2.62 bits per heavy atom. The fourth-order valence-electron chi connectivity index (χ4n) is 4.18. The minimum Gasteiger partial charge on any atom is -0.300 e. The van der Waals surface area contributed by atoms with E-state index in [1.807, 2.05) is 12.3 Å². The Bertz CT molecular complexity index is 706. The number of fused-ring (bicyclic) bond motifs is 1. The normalized spacial score (nSPS) is 21.7. The van der Waals surface area contributed by atoms with Crippen molar-refractivity contribution in [3.05, 3.63) is 41.8 Å². The third-order valence-electron chi connectivity index (χ3n) is 5.37. The van der Waals surface area contributed by atoms with Crippen molar-refractivity contribution in [2.75, 3.05) is 0 Å². The first-order chi connectivity index (χ1) is 10.2. The van der Waals surface area contributed by atoms with Crippen LogP contribution < -0.4 is 0 Å². The number of halogens is 1. The van der Waals surface area contributed by atoms with Crippen LogP contribution in [-0.4, -0.2) is 10.8 Å². The maximum atomic E-state index is 13.5. The second-order valence-electron chi connectivity index (χ2n) is 6.73. The van der Waals surface area contributed by atoms with Crippen LogP contribution in [0.4, 0.5) is 4.39 Å². The lowest BCUT2D eigenvalue weighted by atomic mass is 9.58. The molecular weight excluding hydrogens is 265 g/mol. The van der Waals surface area contributed by atoms with Gasteiger partial charge in [-0.3, -0.25) is 9.78 Å². The molecular formula is C18H18FNO. The van der Waals surface area contributed by atoms with Crippen LogP contribution in [0.15, 0.2) is 30.5 Å². The van der Waals surface area contributed by atoms with Crippen LogP contribution >= 0.6 is 0 Å². The topological polar surface area (TPSA) is 30.0 Å². The van der Waals surface area contributed by atoms with E-state index < -0.39 is 0 Å². The summed E-state index contributed by atoms with van der Waals surface area (Å²) in [5.41, 5.74) is 2.40. The highest BCUT2D eigenvalue weighted by molar-refractivity contribution is 5.86. The molecule has 2 fully saturated rings. The maximum Gasteiger partial charge on any atom is 0.134 e. The van der Waals surface area contributed by atoms with Crippen LogP contribution in [0, 0.1) is 11.2 Å². The molecule has 2 aromatic rings. The lowest BCUT2D eigenvalue weighted by Crippen LogP contribution is -2.40. The summed E-state index contributed by atoms with van der Waals surface area (Å²) >= 11 is 0. The van der Waals surface area contributed by atoms with Crippen LogP contribution in [0.5, 0.6) is 0 Å². The van der Waals surface area contributed by atoms with Crippen molar-refractivity contribution in [2.45, 2.75) is 44.4 Å². The molecule has 0 bridgehead atoms. The molecule has 0 atom stereocenters. The summed E-state index contributed by atoms with van der Waals surface area (Å²) < 4.78 is 13.5. The molecule has 2 saturated carbocycles. The van der Waals surface area contributed by atoms with Gasteiger partial charge in [0.1, 0.15) is 11.6 Å². The Kier molecular flexibility index (Phi) is 2.84. The number of ketones is 1. The molecule has 2 nitrogen and oxygen atoms in total. The Balaban J connectivity index is 1.63. The van der Waals surface area contributed by atoms with Gasteiger partial charge in [-0.1, -0.05) is 0 Å². The number of hydrogen-bond donors (Lipinski definition) is 0. The van der Waals surface area contributed by atoms with Gasteiger partial charge in [-0.2, -0.15) is 0 Å². The van der Waals surface area contributed by atoms with E-state index in [1.165, 1.54) is 11.6 Å². The van der Waals surface area contributed by atoms with Gasteiger partial charge in [-0.25, -0.2) is 4.39 Å². The molecule has 2 aliphatic rings. The fourth-order valence-corrected chi connectivity index (χ4v) is 4.18. The first-order valence-corrected chi connectivity index (χ1v) is 7.71. The number of rotatable bonds is 1. The van der Waals surface area contributed by atoms with Gasteiger partial charge in [0.25, 0.3) is 0 Å². The largest absolute Gasteiger partial charge is 0.300 e. The van der Waals surface area contributed by atoms with Crippen LogP contribution in [-0.2, 0) is 4.79 Å². The van der Waals surface area contributed by atoms with Gasteiger partial charge >= 0.3 is 0 Å². The number of hydrogen-bond acceptors (Lipinski definition) is 2. The van der Waals surface area contributed by atoms with E-state index in [0.717, 1.165) is 49.4 Å². The quantitative estimate of drug-likeness (QED) is 0.777.